The fraction of sp³-hybridized carbons (Fsp3) is 0.353. The molecule has 3 rings (SSSR count). The minimum atomic E-state index is 0.00903. The smallest absolute Gasteiger partial charge is 0.255 e. The minimum Gasteiger partial charge on any atom is -0.463 e. The highest BCUT2D eigenvalue weighted by Gasteiger charge is 2.23. The second-order valence-electron chi connectivity index (χ2n) is 6.54. The van der Waals surface area contributed by atoms with Crippen LogP contribution in [-0.4, -0.2) is 5.21 Å². The lowest BCUT2D eigenvalue weighted by molar-refractivity contribution is 0.277. The van der Waals surface area contributed by atoms with Crippen LogP contribution >= 0.6 is 0 Å². The summed E-state index contributed by atoms with van der Waals surface area (Å²) in [5.74, 6) is 0. The Morgan fingerprint density at radius 2 is 1.71 bits per heavy atom. The van der Waals surface area contributed by atoms with Crippen molar-refractivity contribution in [2.24, 2.45) is 5.16 Å². The number of aryl methyl sites for hydroxylation is 2. The fourth-order valence-corrected chi connectivity index (χ4v) is 2.84. The molecule has 0 saturated carbocycles. The van der Waals surface area contributed by atoms with Gasteiger partial charge in [-0.3, -0.25) is 0 Å². The first kappa shape index (κ1) is 13.7. The first-order valence-corrected chi connectivity index (χ1v) is 6.97. The van der Waals surface area contributed by atoms with Gasteiger partial charge in [-0.25, -0.2) is 0 Å². The molecule has 0 amide bonds. The van der Waals surface area contributed by atoms with E-state index in [1.165, 1.54) is 5.56 Å². The molecule has 3 aromatic rings. The van der Waals surface area contributed by atoms with E-state index in [0.717, 1.165) is 27.5 Å². The molecule has 0 aliphatic rings. The number of benzene rings is 1. The van der Waals surface area contributed by atoms with Crippen molar-refractivity contribution in [3.05, 3.63) is 40.6 Å². The lowest BCUT2D eigenvalue weighted by Gasteiger charge is -2.17. The zero-order chi connectivity index (χ0) is 15.4. The van der Waals surface area contributed by atoms with Crippen LogP contribution in [-0.2, 0) is 5.41 Å². The topological polar surface area (TPSA) is 58.9 Å². The summed E-state index contributed by atoms with van der Waals surface area (Å²) in [4.78, 5) is 0. The van der Waals surface area contributed by atoms with Gasteiger partial charge in [0.2, 0.25) is 0 Å². The van der Waals surface area contributed by atoms with Gasteiger partial charge in [-0.05, 0) is 41.6 Å². The molecule has 0 radical (unpaired) electrons. The van der Waals surface area contributed by atoms with Gasteiger partial charge >= 0.3 is 0 Å². The van der Waals surface area contributed by atoms with Gasteiger partial charge in [0.1, 0.15) is 11.2 Å². The van der Waals surface area contributed by atoms with Crippen LogP contribution < -0.4 is 5.55 Å². The van der Waals surface area contributed by atoms with Crippen molar-refractivity contribution in [1.29, 1.82) is 0 Å². The summed E-state index contributed by atoms with van der Waals surface area (Å²) in [5.41, 5.74) is 4.95. The standard InChI is InChI=1S/C17H19NO3/c1-9-6-12-15(10(2)7-13(18-19)21-12)16-14(9)11(8-20-16)17(3,4)5/h6-8,19H,1-5H3/b18-13-. The van der Waals surface area contributed by atoms with Crippen LogP contribution in [0, 0.1) is 13.8 Å². The maximum atomic E-state index is 8.92. The Bertz CT molecular complexity index is 908. The van der Waals surface area contributed by atoms with E-state index < -0.39 is 0 Å². The number of furan rings is 1. The van der Waals surface area contributed by atoms with Gasteiger partial charge in [0.25, 0.3) is 5.55 Å². The Kier molecular flexibility index (Phi) is 2.87. The first-order chi connectivity index (χ1) is 9.82. The van der Waals surface area contributed by atoms with Crippen molar-refractivity contribution in [2.75, 3.05) is 0 Å². The third kappa shape index (κ3) is 2.02. The highest BCUT2D eigenvalue weighted by molar-refractivity contribution is 6.06. The Balaban J connectivity index is 2.54. The van der Waals surface area contributed by atoms with E-state index >= 15 is 0 Å². The molecule has 0 atom stereocenters. The van der Waals surface area contributed by atoms with Crippen LogP contribution in [0.5, 0.6) is 0 Å². The average molecular weight is 285 g/mol. The van der Waals surface area contributed by atoms with Crippen molar-refractivity contribution in [1.82, 2.24) is 0 Å². The van der Waals surface area contributed by atoms with Crippen molar-refractivity contribution >= 4 is 21.9 Å². The zero-order valence-corrected chi connectivity index (χ0v) is 12.9. The van der Waals surface area contributed by atoms with E-state index in [9.17, 15) is 0 Å². The van der Waals surface area contributed by atoms with Crippen LogP contribution in [0.15, 0.2) is 32.4 Å². The number of rotatable bonds is 0. The second-order valence-corrected chi connectivity index (χ2v) is 6.54. The van der Waals surface area contributed by atoms with Crippen molar-refractivity contribution < 1.29 is 14.0 Å². The van der Waals surface area contributed by atoms with Gasteiger partial charge in [0.05, 0.1) is 11.6 Å². The van der Waals surface area contributed by atoms with Crippen LogP contribution in [0.2, 0.25) is 0 Å². The third-order valence-corrected chi connectivity index (χ3v) is 3.86. The lowest BCUT2D eigenvalue weighted by Crippen LogP contribution is -2.10. The number of fused-ring (bicyclic) bond motifs is 3. The van der Waals surface area contributed by atoms with Crippen molar-refractivity contribution in [2.45, 2.75) is 40.0 Å². The van der Waals surface area contributed by atoms with Crippen LogP contribution in [0.25, 0.3) is 21.9 Å². The molecule has 2 aromatic heterocycles. The monoisotopic (exact) mass is 285 g/mol. The second kappa shape index (κ2) is 4.38. The number of hydrogen-bond donors (Lipinski definition) is 1. The molecular weight excluding hydrogens is 266 g/mol. The zero-order valence-electron chi connectivity index (χ0n) is 12.9. The third-order valence-electron chi connectivity index (χ3n) is 3.86. The molecule has 0 spiro atoms. The van der Waals surface area contributed by atoms with Crippen LogP contribution in [0.3, 0.4) is 0 Å². The van der Waals surface area contributed by atoms with E-state index in [0.29, 0.717) is 5.58 Å². The Labute approximate surface area is 122 Å². The van der Waals surface area contributed by atoms with Gasteiger partial charge in [-0.2, -0.15) is 0 Å². The molecule has 0 saturated heterocycles. The molecule has 0 aliphatic carbocycles. The summed E-state index contributed by atoms with van der Waals surface area (Å²) in [6.07, 6.45) is 1.83. The highest BCUT2D eigenvalue weighted by atomic mass is 16.5. The summed E-state index contributed by atoms with van der Waals surface area (Å²) < 4.78 is 11.5. The first-order valence-electron chi connectivity index (χ1n) is 6.97. The molecule has 0 bridgehead atoms. The largest absolute Gasteiger partial charge is 0.463 e. The van der Waals surface area contributed by atoms with Gasteiger partial charge in [0.15, 0.2) is 0 Å². The molecule has 4 heteroatoms. The minimum absolute atomic E-state index is 0.00903. The van der Waals surface area contributed by atoms with Gasteiger partial charge in [-0.15, -0.1) is 0 Å². The van der Waals surface area contributed by atoms with Gasteiger partial charge in [0, 0.05) is 17.0 Å². The van der Waals surface area contributed by atoms with Crippen LogP contribution in [0.4, 0.5) is 0 Å². The van der Waals surface area contributed by atoms with E-state index in [2.05, 4.69) is 25.9 Å². The SMILES string of the molecule is Cc1cc2o/c(=N\O)cc(C)c2c2occ(C(C)(C)C)c12. The van der Waals surface area contributed by atoms with E-state index in [1.54, 1.807) is 6.07 Å². The summed E-state index contributed by atoms with van der Waals surface area (Å²) in [5, 5.41) is 14.1. The van der Waals surface area contributed by atoms with E-state index in [4.69, 9.17) is 14.0 Å². The Hall–Kier alpha value is -2.23. The van der Waals surface area contributed by atoms with Gasteiger partial charge < -0.3 is 14.0 Å². The number of nitrogens with zero attached hydrogens (tertiary/aromatic N) is 1. The predicted molar refractivity (Wildman–Crippen MR) is 81.5 cm³/mol. The maximum Gasteiger partial charge on any atom is 0.255 e. The maximum absolute atomic E-state index is 8.92. The molecule has 0 fully saturated rings. The van der Waals surface area contributed by atoms with Gasteiger partial charge in [-0.1, -0.05) is 20.8 Å². The molecule has 2 heterocycles. The van der Waals surface area contributed by atoms with E-state index in [1.807, 2.05) is 26.2 Å². The summed E-state index contributed by atoms with van der Waals surface area (Å²) in [7, 11) is 0. The molecule has 1 aromatic carbocycles. The van der Waals surface area contributed by atoms with E-state index in [-0.39, 0.29) is 11.0 Å². The Morgan fingerprint density at radius 3 is 2.33 bits per heavy atom. The molecule has 0 aliphatic heterocycles. The Morgan fingerprint density at radius 1 is 1.05 bits per heavy atom. The lowest BCUT2D eigenvalue weighted by atomic mass is 9.85. The summed E-state index contributed by atoms with van der Waals surface area (Å²) in [6.45, 7) is 10.5. The van der Waals surface area contributed by atoms with Crippen LogP contribution in [0.1, 0.15) is 37.5 Å². The molecule has 21 heavy (non-hydrogen) atoms. The summed E-state index contributed by atoms with van der Waals surface area (Å²) >= 11 is 0. The quantitative estimate of drug-likeness (QED) is 0.492. The highest BCUT2D eigenvalue weighted by Crippen LogP contribution is 2.38. The average Bonchev–Trinajstić information content (AvgIpc) is 2.83. The molecule has 1 N–H and O–H groups in total. The van der Waals surface area contributed by atoms with Crippen molar-refractivity contribution in [3.63, 3.8) is 0 Å². The van der Waals surface area contributed by atoms with Crippen molar-refractivity contribution in [3.8, 4) is 0 Å². The summed E-state index contributed by atoms with van der Waals surface area (Å²) in [6, 6.07) is 3.68. The molecule has 110 valence electrons. The number of hydrogen-bond acceptors (Lipinski definition) is 4. The normalized spacial score (nSPS) is 13.5. The predicted octanol–water partition coefficient (Wildman–Crippen LogP) is 4.38. The molecular formula is C17H19NO3. The molecule has 4 nitrogen and oxygen atoms in total. The fourth-order valence-electron chi connectivity index (χ4n) is 2.84. The molecule has 0 unspecified atom stereocenters.